The van der Waals surface area contributed by atoms with E-state index in [0.29, 0.717) is 10.7 Å². The molecule has 1 atom stereocenters. The molecule has 0 bridgehead atoms. The Bertz CT molecular complexity index is 300. The lowest BCUT2D eigenvalue weighted by molar-refractivity contribution is -0.142. The van der Waals surface area contributed by atoms with Crippen molar-refractivity contribution in [3.63, 3.8) is 0 Å². The molecule has 1 rings (SSSR count). The average molecular weight is 201 g/mol. The normalized spacial score (nSPS) is 12.2. The molecule has 1 heterocycles. The second-order valence-electron chi connectivity index (χ2n) is 2.42. The summed E-state index contributed by atoms with van der Waals surface area (Å²) in [6.07, 6.45) is 1.45. The minimum atomic E-state index is -0.797. The molecule has 2 N–H and O–H groups in total. The van der Waals surface area contributed by atoms with Crippen molar-refractivity contribution in [2.45, 2.75) is 6.04 Å². The summed E-state index contributed by atoms with van der Waals surface area (Å²) in [5.74, 6) is -0.496. The van der Waals surface area contributed by atoms with Gasteiger partial charge in [-0.15, -0.1) is 0 Å². The molecule has 0 aromatic carbocycles. The van der Waals surface area contributed by atoms with E-state index in [9.17, 15) is 4.79 Å². The van der Waals surface area contributed by atoms with Crippen molar-refractivity contribution in [2.75, 3.05) is 7.11 Å². The molecule has 0 unspecified atom stereocenters. The van der Waals surface area contributed by atoms with Gasteiger partial charge in [0.1, 0.15) is 11.2 Å². The number of rotatable bonds is 2. The van der Waals surface area contributed by atoms with E-state index in [4.69, 9.17) is 17.3 Å². The van der Waals surface area contributed by atoms with Gasteiger partial charge in [-0.2, -0.15) is 0 Å². The van der Waals surface area contributed by atoms with Crippen LogP contribution in [0.15, 0.2) is 18.3 Å². The number of methoxy groups -OCH3 is 1. The first kappa shape index (κ1) is 9.95. The molecule has 5 heteroatoms. The van der Waals surface area contributed by atoms with Gasteiger partial charge in [-0.25, -0.2) is 4.98 Å². The molecule has 0 aliphatic heterocycles. The number of nitrogens with zero attached hydrogens (tertiary/aromatic N) is 1. The zero-order valence-electron chi connectivity index (χ0n) is 7.03. The van der Waals surface area contributed by atoms with Gasteiger partial charge in [0.2, 0.25) is 0 Å². The molecular formula is C8H9ClN2O2. The average Bonchev–Trinajstić information content (AvgIpc) is 2.17. The highest BCUT2D eigenvalue weighted by Gasteiger charge is 2.15. The van der Waals surface area contributed by atoms with Crippen LogP contribution in [-0.4, -0.2) is 18.1 Å². The van der Waals surface area contributed by atoms with Crippen LogP contribution >= 0.6 is 11.6 Å². The first-order valence-electron chi connectivity index (χ1n) is 3.60. The number of hydrogen-bond donors (Lipinski definition) is 1. The fourth-order valence-corrected chi connectivity index (χ4v) is 0.946. The molecule has 0 aliphatic rings. The Morgan fingerprint density at radius 3 is 2.85 bits per heavy atom. The summed E-state index contributed by atoms with van der Waals surface area (Å²) in [5, 5.41) is 0.362. The predicted molar refractivity (Wildman–Crippen MR) is 48.2 cm³/mol. The van der Waals surface area contributed by atoms with Gasteiger partial charge >= 0.3 is 5.97 Å². The first-order valence-corrected chi connectivity index (χ1v) is 3.98. The third-order valence-corrected chi connectivity index (χ3v) is 1.79. The number of halogens is 1. The van der Waals surface area contributed by atoms with E-state index in [1.54, 1.807) is 12.1 Å². The number of esters is 1. The van der Waals surface area contributed by atoms with E-state index >= 15 is 0 Å². The molecule has 0 saturated carbocycles. The first-order chi connectivity index (χ1) is 6.15. The van der Waals surface area contributed by atoms with Crippen LogP contribution in [0.2, 0.25) is 5.15 Å². The Labute approximate surface area is 80.7 Å². The second-order valence-corrected chi connectivity index (χ2v) is 2.80. The van der Waals surface area contributed by atoms with Gasteiger partial charge in [0.05, 0.1) is 7.11 Å². The Hall–Kier alpha value is -1.13. The van der Waals surface area contributed by atoms with E-state index < -0.39 is 12.0 Å². The highest BCUT2D eigenvalue weighted by Crippen LogP contribution is 2.12. The SMILES string of the molecule is COC(=O)[C@H](N)c1ccc(Cl)nc1. The molecule has 0 aliphatic carbocycles. The number of nitrogens with two attached hydrogens (primary N) is 1. The molecule has 1 aromatic heterocycles. The maximum Gasteiger partial charge on any atom is 0.327 e. The van der Waals surface area contributed by atoms with E-state index in [-0.39, 0.29) is 0 Å². The Kier molecular flexibility index (Phi) is 3.22. The summed E-state index contributed by atoms with van der Waals surface area (Å²) in [6.45, 7) is 0. The van der Waals surface area contributed by atoms with Crippen molar-refractivity contribution in [1.82, 2.24) is 4.98 Å². The van der Waals surface area contributed by atoms with E-state index in [0.717, 1.165) is 0 Å². The van der Waals surface area contributed by atoms with Crippen LogP contribution < -0.4 is 5.73 Å². The summed E-state index contributed by atoms with van der Waals surface area (Å²) in [4.78, 5) is 14.8. The van der Waals surface area contributed by atoms with Gasteiger partial charge in [-0.05, 0) is 11.6 Å². The number of ether oxygens (including phenoxy) is 1. The third-order valence-electron chi connectivity index (χ3n) is 1.56. The standard InChI is InChI=1S/C8H9ClN2O2/c1-13-8(12)7(10)5-2-3-6(9)11-4-5/h2-4,7H,10H2,1H3/t7-/m1/s1. The summed E-state index contributed by atoms with van der Waals surface area (Å²) in [7, 11) is 1.28. The monoisotopic (exact) mass is 200 g/mol. The number of hydrogen-bond acceptors (Lipinski definition) is 4. The maximum atomic E-state index is 11.0. The lowest BCUT2D eigenvalue weighted by Gasteiger charge is -2.08. The summed E-state index contributed by atoms with van der Waals surface area (Å²) < 4.78 is 4.47. The Morgan fingerprint density at radius 2 is 2.38 bits per heavy atom. The minimum Gasteiger partial charge on any atom is -0.468 e. The van der Waals surface area contributed by atoms with Gasteiger partial charge in [-0.3, -0.25) is 4.79 Å². The molecule has 0 spiro atoms. The molecule has 0 saturated heterocycles. The highest BCUT2D eigenvalue weighted by atomic mass is 35.5. The van der Waals surface area contributed by atoms with Gasteiger partial charge in [-0.1, -0.05) is 17.7 Å². The summed E-state index contributed by atoms with van der Waals surface area (Å²) >= 11 is 5.56. The number of carbonyl (C=O) groups excluding carboxylic acids is 1. The Balaban J connectivity index is 2.83. The van der Waals surface area contributed by atoms with Crippen LogP contribution in [0.25, 0.3) is 0 Å². The van der Waals surface area contributed by atoms with Crippen LogP contribution in [0.3, 0.4) is 0 Å². The fraction of sp³-hybridized carbons (Fsp3) is 0.250. The van der Waals surface area contributed by atoms with Crippen molar-refractivity contribution in [3.8, 4) is 0 Å². The van der Waals surface area contributed by atoms with Crippen molar-refractivity contribution in [1.29, 1.82) is 0 Å². The molecule has 70 valence electrons. The van der Waals surface area contributed by atoms with Crippen LogP contribution in [0.5, 0.6) is 0 Å². The lowest BCUT2D eigenvalue weighted by Crippen LogP contribution is -2.22. The zero-order valence-corrected chi connectivity index (χ0v) is 7.78. The predicted octanol–water partition coefficient (Wildman–Crippen LogP) is 0.908. The van der Waals surface area contributed by atoms with Crippen LogP contribution in [0, 0.1) is 0 Å². The van der Waals surface area contributed by atoms with Gasteiger partial charge in [0.25, 0.3) is 0 Å². The van der Waals surface area contributed by atoms with Crippen molar-refractivity contribution >= 4 is 17.6 Å². The summed E-state index contributed by atoms with van der Waals surface area (Å²) in [6, 6.07) is 2.41. The maximum absolute atomic E-state index is 11.0. The largest absolute Gasteiger partial charge is 0.468 e. The molecule has 13 heavy (non-hydrogen) atoms. The van der Waals surface area contributed by atoms with Gasteiger partial charge in [0, 0.05) is 6.20 Å². The minimum absolute atomic E-state index is 0.362. The summed E-state index contributed by atoms with van der Waals surface area (Å²) in [5.41, 5.74) is 6.12. The van der Waals surface area contributed by atoms with Crippen LogP contribution in [0.4, 0.5) is 0 Å². The molecule has 0 radical (unpaired) electrons. The molecule has 4 nitrogen and oxygen atoms in total. The molecule has 1 aromatic rings. The molecule has 0 amide bonds. The molecule has 0 fully saturated rings. The van der Waals surface area contributed by atoms with Crippen molar-refractivity contribution < 1.29 is 9.53 Å². The van der Waals surface area contributed by atoms with Crippen molar-refractivity contribution in [2.24, 2.45) is 5.73 Å². The number of aromatic nitrogens is 1. The fourth-order valence-electron chi connectivity index (χ4n) is 0.834. The Morgan fingerprint density at radius 1 is 1.69 bits per heavy atom. The molecular weight excluding hydrogens is 192 g/mol. The topological polar surface area (TPSA) is 65.2 Å². The van der Waals surface area contributed by atoms with E-state index in [1.165, 1.54) is 13.3 Å². The number of pyridine rings is 1. The second kappa shape index (κ2) is 4.20. The zero-order chi connectivity index (χ0) is 9.84. The smallest absolute Gasteiger partial charge is 0.327 e. The highest BCUT2D eigenvalue weighted by molar-refractivity contribution is 6.29. The third kappa shape index (κ3) is 2.40. The van der Waals surface area contributed by atoms with E-state index in [2.05, 4.69) is 9.72 Å². The van der Waals surface area contributed by atoms with Gasteiger partial charge < -0.3 is 10.5 Å². The quantitative estimate of drug-likeness (QED) is 0.569. The van der Waals surface area contributed by atoms with E-state index in [1.807, 2.05) is 0 Å². The van der Waals surface area contributed by atoms with Crippen LogP contribution in [0.1, 0.15) is 11.6 Å². The lowest BCUT2D eigenvalue weighted by atomic mass is 10.1. The van der Waals surface area contributed by atoms with Gasteiger partial charge in [0.15, 0.2) is 0 Å². The number of carbonyl (C=O) groups is 1. The van der Waals surface area contributed by atoms with Crippen molar-refractivity contribution in [3.05, 3.63) is 29.0 Å². The van der Waals surface area contributed by atoms with Crippen LogP contribution in [-0.2, 0) is 9.53 Å².